The van der Waals surface area contributed by atoms with E-state index >= 15 is 0 Å². The van der Waals surface area contributed by atoms with Crippen LogP contribution in [-0.4, -0.2) is 54.4 Å². The quantitative estimate of drug-likeness (QED) is 0.629. The van der Waals surface area contributed by atoms with Crippen molar-refractivity contribution >= 4 is 17.7 Å². The Bertz CT molecular complexity index is 1140. The largest absolute Gasteiger partial charge is 0.444 e. The van der Waals surface area contributed by atoms with Gasteiger partial charge in [-0.2, -0.15) is 5.10 Å². The number of rotatable bonds is 4. The number of amides is 1. The van der Waals surface area contributed by atoms with Crippen LogP contribution in [0.3, 0.4) is 0 Å². The molecule has 3 aromatic rings. The molecular formula is C24H31N7O2. The number of nitrogens with zero attached hydrogens (tertiary/aromatic N) is 6. The zero-order valence-electron chi connectivity index (χ0n) is 19.9. The molecule has 4 heterocycles. The number of hydrogen-bond donors (Lipinski definition) is 1. The Balaban J connectivity index is 1.64. The molecule has 0 radical (unpaired) electrons. The molecule has 174 valence electrons. The first-order valence-corrected chi connectivity index (χ1v) is 11.2. The minimum absolute atomic E-state index is 0.0794. The lowest BCUT2D eigenvalue weighted by molar-refractivity contribution is 0.0197. The van der Waals surface area contributed by atoms with Crippen molar-refractivity contribution in [2.45, 2.75) is 52.1 Å². The number of aromatic nitrogens is 5. The van der Waals surface area contributed by atoms with Gasteiger partial charge in [0.05, 0.1) is 17.5 Å². The summed E-state index contributed by atoms with van der Waals surface area (Å²) in [6, 6.07) is 5.87. The van der Waals surface area contributed by atoms with E-state index in [0.29, 0.717) is 24.7 Å². The number of piperidine rings is 1. The molecule has 4 rings (SSSR count). The van der Waals surface area contributed by atoms with E-state index < -0.39 is 5.60 Å². The smallest absolute Gasteiger partial charge is 0.410 e. The van der Waals surface area contributed by atoms with Crippen LogP contribution < -0.4 is 5.32 Å². The molecule has 0 bridgehead atoms. The number of anilines is 2. The first-order valence-electron chi connectivity index (χ1n) is 11.2. The fourth-order valence-electron chi connectivity index (χ4n) is 3.85. The average molecular weight is 450 g/mol. The van der Waals surface area contributed by atoms with E-state index in [1.54, 1.807) is 22.0 Å². The fraction of sp³-hybridized carbons (Fsp3) is 0.458. The van der Waals surface area contributed by atoms with Crippen LogP contribution in [0.5, 0.6) is 0 Å². The van der Waals surface area contributed by atoms with Crippen LogP contribution in [0.2, 0.25) is 0 Å². The summed E-state index contributed by atoms with van der Waals surface area (Å²) >= 11 is 0. The van der Waals surface area contributed by atoms with E-state index in [-0.39, 0.29) is 12.0 Å². The van der Waals surface area contributed by atoms with Crippen LogP contribution in [0.4, 0.5) is 16.4 Å². The second-order valence-corrected chi connectivity index (χ2v) is 9.51. The summed E-state index contributed by atoms with van der Waals surface area (Å²) in [5.74, 6) is 2.04. The van der Waals surface area contributed by atoms with Crippen LogP contribution in [0, 0.1) is 6.92 Å². The number of carbonyl (C=O) groups excluding carboxylic acids is 1. The van der Waals surface area contributed by atoms with Crippen LogP contribution in [-0.2, 0) is 11.8 Å². The number of ether oxygens (including phenoxy) is 1. The molecule has 1 fully saturated rings. The monoisotopic (exact) mass is 449 g/mol. The van der Waals surface area contributed by atoms with E-state index in [1.165, 1.54) is 0 Å². The lowest BCUT2D eigenvalue weighted by Gasteiger charge is -2.34. The van der Waals surface area contributed by atoms with Crippen molar-refractivity contribution < 1.29 is 9.53 Å². The number of pyridine rings is 1. The van der Waals surface area contributed by atoms with Crippen molar-refractivity contribution in [3.63, 3.8) is 0 Å². The van der Waals surface area contributed by atoms with Gasteiger partial charge in [0.2, 0.25) is 0 Å². The van der Waals surface area contributed by atoms with Crippen molar-refractivity contribution in [2.24, 2.45) is 7.05 Å². The molecule has 1 N–H and O–H groups in total. The molecule has 0 aromatic carbocycles. The van der Waals surface area contributed by atoms with Gasteiger partial charge in [-0.1, -0.05) is 0 Å². The molecule has 1 saturated heterocycles. The molecule has 1 aliphatic rings. The first-order chi connectivity index (χ1) is 15.7. The summed E-state index contributed by atoms with van der Waals surface area (Å²) in [7, 11) is 1.86. The highest BCUT2D eigenvalue weighted by Gasteiger charge is 2.29. The van der Waals surface area contributed by atoms with Crippen LogP contribution in [0.1, 0.15) is 50.8 Å². The Labute approximate surface area is 194 Å². The third kappa shape index (κ3) is 5.85. The van der Waals surface area contributed by atoms with Gasteiger partial charge in [0, 0.05) is 44.5 Å². The first kappa shape index (κ1) is 22.7. The molecule has 0 spiro atoms. The van der Waals surface area contributed by atoms with Gasteiger partial charge < -0.3 is 15.0 Å². The fourth-order valence-corrected chi connectivity index (χ4v) is 3.85. The van der Waals surface area contributed by atoms with Crippen LogP contribution in [0.15, 0.2) is 36.8 Å². The summed E-state index contributed by atoms with van der Waals surface area (Å²) in [5.41, 5.74) is 2.30. The predicted molar refractivity (Wildman–Crippen MR) is 126 cm³/mol. The molecule has 1 atom stereocenters. The SMILES string of the molecule is Cc1ccnc(Nc2cc(C3CCCN(C(=O)OC(C)(C)C)C3)nc(-c3cnn(C)c3)n2)c1. The lowest BCUT2D eigenvalue weighted by Crippen LogP contribution is -2.42. The lowest BCUT2D eigenvalue weighted by atomic mass is 9.94. The summed E-state index contributed by atoms with van der Waals surface area (Å²) < 4.78 is 7.32. The van der Waals surface area contributed by atoms with Gasteiger partial charge in [-0.3, -0.25) is 4.68 Å². The number of hydrogen-bond acceptors (Lipinski definition) is 7. The van der Waals surface area contributed by atoms with Crippen LogP contribution >= 0.6 is 0 Å². The maximum Gasteiger partial charge on any atom is 0.410 e. The number of nitrogens with one attached hydrogen (secondary N) is 1. The van der Waals surface area contributed by atoms with E-state index in [9.17, 15) is 4.79 Å². The van der Waals surface area contributed by atoms with Crippen molar-refractivity contribution in [1.82, 2.24) is 29.6 Å². The Morgan fingerprint density at radius 1 is 1.21 bits per heavy atom. The second kappa shape index (κ2) is 9.17. The Hall–Kier alpha value is -3.49. The summed E-state index contributed by atoms with van der Waals surface area (Å²) in [6.45, 7) is 8.91. The minimum Gasteiger partial charge on any atom is -0.444 e. The van der Waals surface area contributed by atoms with Crippen LogP contribution in [0.25, 0.3) is 11.4 Å². The predicted octanol–water partition coefficient (Wildman–Crippen LogP) is 4.44. The van der Waals surface area contributed by atoms with Gasteiger partial charge in [0.15, 0.2) is 5.82 Å². The number of aryl methyl sites for hydroxylation is 2. The van der Waals surface area contributed by atoms with E-state index in [0.717, 1.165) is 35.5 Å². The standard InChI is InChI=1S/C24H31N7O2/c1-16-8-9-25-20(11-16)28-21-12-19(27-22(29-21)18-13-26-30(5)14-18)17-7-6-10-31(15-17)23(32)33-24(2,3)4/h8-9,11-14,17H,6-7,10,15H2,1-5H3,(H,25,27,28,29). The number of carbonyl (C=O) groups is 1. The van der Waals surface area contributed by atoms with Crippen molar-refractivity contribution in [3.05, 3.63) is 48.0 Å². The van der Waals surface area contributed by atoms with Gasteiger partial charge >= 0.3 is 6.09 Å². The number of likely N-dealkylation sites (tertiary alicyclic amines) is 1. The summed E-state index contributed by atoms with van der Waals surface area (Å²) in [5, 5.41) is 7.58. The van der Waals surface area contributed by atoms with Gasteiger partial charge in [-0.15, -0.1) is 0 Å². The van der Waals surface area contributed by atoms with E-state index in [2.05, 4.69) is 15.4 Å². The topological polar surface area (TPSA) is 98.1 Å². The molecule has 33 heavy (non-hydrogen) atoms. The molecule has 3 aromatic heterocycles. The summed E-state index contributed by atoms with van der Waals surface area (Å²) in [4.78, 5) is 28.4. The Morgan fingerprint density at radius 3 is 2.73 bits per heavy atom. The summed E-state index contributed by atoms with van der Waals surface area (Å²) in [6.07, 6.45) is 6.95. The molecule has 1 amide bonds. The average Bonchev–Trinajstić information content (AvgIpc) is 3.19. The molecule has 1 aliphatic heterocycles. The van der Waals surface area contributed by atoms with E-state index in [4.69, 9.17) is 14.7 Å². The minimum atomic E-state index is -0.523. The van der Waals surface area contributed by atoms with Gasteiger partial charge in [-0.05, 0) is 58.2 Å². The third-order valence-corrected chi connectivity index (χ3v) is 5.37. The van der Waals surface area contributed by atoms with Crippen molar-refractivity contribution in [2.75, 3.05) is 18.4 Å². The molecular weight excluding hydrogens is 418 g/mol. The van der Waals surface area contributed by atoms with Crippen molar-refractivity contribution in [1.29, 1.82) is 0 Å². The maximum atomic E-state index is 12.7. The Kier molecular flexibility index (Phi) is 6.31. The highest BCUT2D eigenvalue weighted by molar-refractivity contribution is 5.68. The Morgan fingerprint density at radius 2 is 2.03 bits per heavy atom. The maximum absolute atomic E-state index is 12.7. The highest BCUT2D eigenvalue weighted by atomic mass is 16.6. The third-order valence-electron chi connectivity index (χ3n) is 5.37. The zero-order chi connectivity index (χ0) is 23.6. The highest BCUT2D eigenvalue weighted by Crippen LogP contribution is 2.30. The molecule has 1 unspecified atom stereocenters. The molecule has 9 heteroatoms. The van der Waals surface area contributed by atoms with Gasteiger partial charge in [0.25, 0.3) is 0 Å². The van der Waals surface area contributed by atoms with Gasteiger partial charge in [-0.25, -0.2) is 19.7 Å². The molecule has 9 nitrogen and oxygen atoms in total. The molecule has 0 aliphatic carbocycles. The zero-order valence-corrected chi connectivity index (χ0v) is 19.9. The molecule has 0 saturated carbocycles. The van der Waals surface area contributed by atoms with Crippen molar-refractivity contribution in [3.8, 4) is 11.4 Å². The van der Waals surface area contributed by atoms with Gasteiger partial charge in [0.1, 0.15) is 17.2 Å². The second-order valence-electron chi connectivity index (χ2n) is 9.51. The normalized spacial score (nSPS) is 16.5. The van der Waals surface area contributed by atoms with E-state index in [1.807, 2.05) is 59.1 Å².